The fourth-order valence-electron chi connectivity index (χ4n) is 1.72. The number of benzene rings is 1. The van der Waals surface area contributed by atoms with E-state index in [4.69, 9.17) is 9.47 Å². The van der Waals surface area contributed by atoms with Gasteiger partial charge in [0.2, 0.25) is 5.82 Å². The molecule has 0 radical (unpaired) electrons. The number of halogens is 2. The van der Waals surface area contributed by atoms with Gasteiger partial charge in [-0.3, -0.25) is 0 Å². The van der Waals surface area contributed by atoms with Crippen LogP contribution in [-0.4, -0.2) is 30.5 Å². The molecule has 1 aliphatic carbocycles. The minimum absolute atomic E-state index is 0.154. The summed E-state index contributed by atoms with van der Waals surface area (Å²) in [6.45, 7) is 0. The number of rotatable bonds is 3. The topological polar surface area (TPSA) is 38.7 Å². The van der Waals surface area contributed by atoms with Crippen molar-refractivity contribution >= 4 is 0 Å². The Morgan fingerprint density at radius 1 is 1.38 bits per heavy atom. The van der Waals surface area contributed by atoms with E-state index >= 15 is 0 Å². The molecule has 16 heavy (non-hydrogen) atoms. The molecule has 0 heterocycles. The van der Waals surface area contributed by atoms with Gasteiger partial charge >= 0.3 is 0 Å². The van der Waals surface area contributed by atoms with Crippen molar-refractivity contribution in [3.8, 4) is 5.75 Å². The van der Waals surface area contributed by atoms with Crippen LogP contribution in [0.2, 0.25) is 0 Å². The smallest absolute Gasteiger partial charge is 0.200 e. The van der Waals surface area contributed by atoms with Gasteiger partial charge in [-0.1, -0.05) is 6.07 Å². The summed E-state index contributed by atoms with van der Waals surface area (Å²) < 4.78 is 36.3. The SMILES string of the molecule is COC1C(O)CC1Oc1cccc(F)c1F. The summed E-state index contributed by atoms with van der Waals surface area (Å²) in [4.78, 5) is 0. The molecule has 1 aromatic carbocycles. The maximum Gasteiger partial charge on any atom is 0.200 e. The summed E-state index contributed by atoms with van der Waals surface area (Å²) in [5.41, 5.74) is 0. The summed E-state index contributed by atoms with van der Waals surface area (Å²) in [5, 5.41) is 9.31. The molecule has 5 heteroatoms. The molecule has 3 unspecified atom stereocenters. The summed E-state index contributed by atoms with van der Waals surface area (Å²) in [5.74, 6) is -2.12. The lowest BCUT2D eigenvalue weighted by Crippen LogP contribution is -2.54. The van der Waals surface area contributed by atoms with E-state index in [1.807, 2.05) is 0 Å². The third kappa shape index (κ3) is 1.88. The van der Waals surface area contributed by atoms with Crippen LogP contribution >= 0.6 is 0 Å². The molecule has 0 spiro atoms. The van der Waals surface area contributed by atoms with E-state index in [-0.39, 0.29) is 5.75 Å². The maximum absolute atomic E-state index is 13.2. The van der Waals surface area contributed by atoms with E-state index < -0.39 is 29.9 Å². The van der Waals surface area contributed by atoms with E-state index in [1.165, 1.54) is 19.2 Å². The van der Waals surface area contributed by atoms with Gasteiger partial charge in [0.05, 0.1) is 6.10 Å². The fourth-order valence-corrected chi connectivity index (χ4v) is 1.72. The average molecular weight is 230 g/mol. The number of aliphatic hydroxyl groups excluding tert-OH is 1. The molecule has 1 aliphatic rings. The Morgan fingerprint density at radius 2 is 2.12 bits per heavy atom. The van der Waals surface area contributed by atoms with E-state index in [1.54, 1.807) is 0 Å². The first-order chi connectivity index (χ1) is 7.63. The van der Waals surface area contributed by atoms with Gasteiger partial charge in [-0.2, -0.15) is 4.39 Å². The molecule has 3 atom stereocenters. The van der Waals surface area contributed by atoms with Gasteiger partial charge in [-0.15, -0.1) is 0 Å². The highest BCUT2D eigenvalue weighted by Crippen LogP contribution is 2.30. The van der Waals surface area contributed by atoms with Gasteiger partial charge < -0.3 is 14.6 Å². The first-order valence-electron chi connectivity index (χ1n) is 4.95. The van der Waals surface area contributed by atoms with Crippen LogP contribution in [0.5, 0.6) is 5.75 Å². The van der Waals surface area contributed by atoms with Gasteiger partial charge in [0.25, 0.3) is 0 Å². The number of methoxy groups -OCH3 is 1. The van der Waals surface area contributed by atoms with Crippen LogP contribution in [-0.2, 0) is 4.74 Å². The Hall–Kier alpha value is -1.20. The summed E-state index contributed by atoms with van der Waals surface area (Å²) in [6.07, 6.45) is -1.17. The van der Waals surface area contributed by atoms with Gasteiger partial charge in [-0.05, 0) is 12.1 Å². The summed E-state index contributed by atoms with van der Waals surface area (Å²) in [6, 6.07) is 3.73. The molecule has 1 fully saturated rings. The minimum atomic E-state index is -1.02. The van der Waals surface area contributed by atoms with Crippen LogP contribution in [0.3, 0.4) is 0 Å². The lowest BCUT2D eigenvalue weighted by Gasteiger charge is -2.39. The number of aliphatic hydroxyl groups is 1. The number of hydrogen-bond acceptors (Lipinski definition) is 3. The highest BCUT2D eigenvalue weighted by molar-refractivity contribution is 5.25. The standard InChI is InChI=1S/C11H12F2O3/c1-15-11-7(14)5-9(11)16-8-4-2-3-6(12)10(8)13/h2-4,7,9,11,14H,5H2,1H3. The molecule has 0 bridgehead atoms. The third-order valence-electron chi connectivity index (χ3n) is 2.69. The predicted molar refractivity (Wildman–Crippen MR) is 52.2 cm³/mol. The molecule has 0 aromatic heterocycles. The van der Waals surface area contributed by atoms with Crippen LogP contribution in [0.15, 0.2) is 18.2 Å². The molecule has 0 amide bonds. The monoisotopic (exact) mass is 230 g/mol. The molecule has 1 saturated carbocycles. The largest absolute Gasteiger partial charge is 0.484 e. The van der Waals surface area contributed by atoms with Gasteiger partial charge in [0.15, 0.2) is 11.6 Å². The molecule has 88 valence electrons. The molecule has 2 rings (SSSR count). The van der Waals surface area contributed by atoms with Crippen molar-refractivity contribution in [2.24, 2.45) is 0 Å². The summed E-state index contributed by atoms with van der Waals surface area (Å²) in [7, 11) is 1.44. The third-order valence-corrected chi connectivity index (χ3v) is 2.69. The Kier molecular flexibility index (Phi) is 3.07. The molecular weight excluding hydrogens is 218 g/mol. The lowest BCUT2D eigenvalue weighted by atomic mass is 9.88. The Labute approximate surface area is 91.6 Å². The lowest BCUT2D eigenvalue weighted by molar-refractivity contribution is -0.149. The molecule has 0 aliphatic heterocycles. The average Bonchev–Trinajstić information content (AvgIpc) is 2.24. The van der Waals surface area contributed by atoms with Crippen LogP contribution in [0.25, 0.3) is 0 Å². The molecule has 1 N–H and O–H groups in total. The Bertz CT molecular complexity index is 383. The van der Waals surface area contributed by atoms with E-state index in [2.05, 4.69) is 0 Å². The molecule has 0 saturated heterocycles. The van der Waals surface area contributed by atoms with Gasteiger partial charge in [-0.25, -0.2) is 4.39 Å². The van der Waals surface area contributed by atoms with Crippen molar-refractivity contribution < 1.29 is 23.4 Å². The predicted octanol–water partition coefficient (Wildman–Crippen LogP) is 1.49. The van der Waals surface area contributed by atoms with Crippen molar-refractivity contribution in [1.82, 2.24) is 0 Å². The van der Waals surface area contributed by atoms with Gasteiger partial charge in [0.1, 0.15) is 12.2 Å². The van der Waals surface area contributed by atoms with Crippen LogP contribution in [0, 0.1) is 11.6 Å². The molecular formula is C11H12F2O3. The molecule has 1 aromatic rings. The zero-order valence-electron chi connectivity index (χ0n) is 8.69. The Balaban J connectivity index is 2.07. The second-order valence-electron chi connectivity index (χ2n) is 3.71. The van der Waals surface area contributed by atoms with Crippen molar-refractivity contribution in [2.45, 2.75) is 24.7 Å². The van der Waals surface area contributed by atoms with Crippen molar-refractivity contribution in [2.75, 3.05) is 7.11 Å². The Morgan fingerprint density at radius 3 is 2.75 bits per heavy atom. The summed E-state index contributed by atoms with van der Waals surface area (Å²) >= 11 is 0. The first kappa shape index (κ1) is 11.3. The minimum Gasteiger partial charge on any atom is -0.484 e. The normalized spacial score (nSPS) is 28.6. The van der Waals surface area contributed by atoms with Crippen LogP contribution in [0.1, 0.15) is 6.42 Å². The van der Waals surface area contributed by atoms with Gasteiger partial charge in [0, 0.05) is 13.5 Å². The zero-order valence-corrected chi connectivity index (χ0v) is 8.69. The van der Waals surface area contributed by atoms with Crippen LogP contribution in [0.4, 0.5) is 8.78 Å². The first-order valence-corrected chi connectivity index (χ1v) is 4.95. The highest BCUT2D eigenvalue weighted by atomic mass is 19.2. The van der Waals surface area contributed by atoms with E-state index in [9.17, 15) is 13.9 Å². The van der Waals surface area contributed by atoms with Crippen LogP contribution < -0.4 is 4.74 Å². The zero-order chi connectivity index (χ0) is 11.7. The van der Waals surface area contributed by atoms with Crippen molar-refractivity contribution in [1.29, 1.82) is 0 Å². The second-order valence-corrected chi connectivity index (χ2v) is 3.71. The quantitative estimate of drug-likeness (QED) is 0.855. The van der Waals surface area contributed by atoms with E-state index in [0.717, 1.165) is 6.07 Å². The number of hydrogen-bond donors (Lipinski definition) is 1. The number of ether oxygens (including phenoxy) is 2. The highest BCUT2D eigenvalue weighted by Gasteiger charge is 2.42. The van der Waals surface area contributed by atoms with Crippen molar-refractivity contribution in [3.63, 3.8) is 0 Å². The molecule has 3 nitrogen and oxygen atoms in total. The van der Waals surface area contributed by atoms with Crippen molar-refractivity contribution in [3.05, 3.63) is 29.8 Å². The fraction of sp³-hybridized carbons (Fsp3) is 0.455. The van der Waals surface area contributed by atoms with E-state index in [0.29, 0.717) is 6.42 Å². The maximum atomic E-state index is 13.2. The second kappa shape index (κ2) is 4.35.